The molecule has 174 valence electrons. The van der Waals surface area contributed by atoms with Gasteiger partial charge in [0.2, 0.25) is 0 Å². The second-order valence-corrected chi connectivity index (χ2v) is 11.6. The summed E-state index contributed by atoms with van der Waals surface area (Å²) < 4.78 is 0. The number of rotatable bonds is 5. The van der Waals surface area contributed by atoms with Gasteiger partial charge in [-0.2, -0.15) is 5.12 Å². The minimum Gasteiger partial charge on any atom is -0.505 e. The van der Waals surface area contributed by atoms with Crippen molar-refractivity contribution in [3.05, 3.63) is 83.4 Å². The molecule has 0 unspecified atom stereocenters. The molecule has 4 nitrogen and oxygen atoms in total. The molecule has 33 heavy (non-hydrogen) atoms. The molecule has 0 aliphatic carbocycles. The van der Waals surface area contributed by atoms with Gasteiger partial charge in [0.05, 0.1) is 11.4 Å². The van der Waals surface area contributed by atoms with Crippen LogP contribution in [0.2, 0.25) is 0 Å². The molecule has 0 radical (unpaired) electrons. The lowest BCUT2D eigenvalue weighted by molar-refractivity contribution is 0.283. The first-order chi connectivity index (χ1) is 15.4. The first-order valence-corrected chi connectivity index (χ1v) is 11.7. The molecule has 0 atom stereocenters. The number of hydrogen-bond acceptors (Lipinski definition) is 4. The van der Waals surface area contributed by atoms with Gasteiger partial charge in [-0.25, -0.2) is 0 Å². The maximum atomic E-state index is 11.6. The number of hydrazine groups is 2. The fourth-order valence-electron chi connectivity index (χ4n) is 5.16. The molecule has 1 aliphatic heterocycles. The fourth-order valence-corrected chi connectivity index (χ4v) is 5.16. The summed E-state index contributed by atoms with van der Waals surface area (Å²) in [4.78, 5) is 0. The van der Waals surface area contributed by atoms with Crippen molar-refractivity contribution in [3.8, 4) is 5.75 Å². The van der Waals surface area contributed by atoms with Crippen LogP contribution in [0.4, 0.5) is 17.1 Å². The number of para-hydroxylation sites is 2. The molecular weight excluding hydrogens is 406 g/mol. The number of hydrogen-bond donors (Lipinski definition) is 3. The standard InChI is InChI=1S/C29H37N3O/c1-27(2,3)19-28(4,5)21-17-22(29(6,7)20-13-9-8-10-14-20)26(33)25(18-21)32-30-23-15-11-12-16-24(23)31-32/h8-18,30-31,33H,19H2,1-7H3. The highest BCUT2D eigenvalue weighted by Crippen LogP contribution is 2.47. The predicted molar refractivity (Wildman–Crippen MR) is 140 cm³/mol. The van der Waals surface area contributed by atoms with Crippen LogP contribution in [-0.4, -0.2) is 5.11 Å². The summed E-state index contributed by atoms with van der Waals surface area (Å²) in [6.07, 6.45) is 1.02. The van der Waals surface area contributed by atoms with Gasteiger partial charge in [-0.1, -0.05) is 97.0 Å². The molecule has 3 aromatic rings. The van der Waals surface area contributed by atoms with Gasteiger partial charge < -0.3 is 5.11 Å². The van der Waals surface area contributed by atoms with Gasteiger partial charge in [0.25, 0.3) is 0 Å². The number of nitrogens with zero attached hydrogens (tertiary/aromatic N) is 1. The van der Waals surface area contributed by atoms with E-state index in [0.717, 1.165) is 29.0 Å². The smallest absolute Gasteiger partial charge is 0.147 e. The van der Waals surface area contributed by atoms with E-state index in [0.29, 0.717) is 0 Å². The third-order valence-corrected chi connectivity index (χ3v) is 6.64. The van der Waals surface area contributed by atoms with Crippen LogP contribution < -0.4 is 16.0 Å². The molecule has 0 saturated carbocycles. The highest BCUT2D eigenvalue weighted by Gasteiger charge is 2.34. The first-order valence-electron chi connectivity index (χ1n) is 11.7. The molecule has 0 amide bonds. The van der Waals surface area contributed by atoms with E-state index in [4.69, 9.17) is 0 Å². The van der Waals surface area contributed by atoms with Crippen LogP contribution in [0.15, 0.2) is 66.7 Å². The average Bonchev–Trinajstić information content (AvgIpc) is 3.16. The van der Waals surface area contributed by atoms with E-state index in [1.807, 2.05) is 35.4 Å². The number of phenols is 1. The maximum Gasteiger partial charge on any atom is 0.147 e. The van der Waals surface area contributed by atoms with Gasteiger partial charge >= 0.3 is 0 Å². The van der Waals surface area contributed by atoms with Crippen LogP contribution in [0.5, 0.6) is 5.75 Å². The molecule has 4 rings (SSSR count). The zero-order valence-corrected chi connectivity index (χ0v) is 21.0. The molecule has 4 heteroatoms. The van der Waals surface area contributed by atoms with E-state index in [-0.39, 0.29) is 22.0 Å². The summed E-state index contributed by atoms with van der Waals surface area (Å²) in [6, 6.07) is 22.8. The summed E-state index contributed by atoms with van der Waals surface area (Å²) in [5.41, 5.74) is 12.5. The molecule has 0 aromatic heterocycles. The Bertz CT molecular complexity index is 1120. The van der Waals surface area contributed by atoms with Crippen molar-refractivity contribution in [3.63, 3.8) is 0 Å². The molecule has 0 saturated heterocycles. The Morgan fingerprint density at radius 2 is 1.27 bits per heavy atom. The Hall–Kier alpha value is -3.14. The van der Waals surface area contributed by atoms with Gasteiger partial charge in [-0.05, 0) is 46.6 Å². The van der Waals surface area contributed by atoms with Crippen molar-refractivity contribution < 1.29 is 5.11 Å². The van der Waals surface area contributed by atoms with Crippen LogP contribution >= 0.6 is 0 Å². The molecule has 0 spiro atoms. The van der Waals surface area contributed by atoms with Crippen LogP contribution in [0, 0.1) is 5.41 Å². The number of phenolic OH excluding ortho intramolecular Hbond substituents is 1. The van der Waals surface area contributed by atoms with E-state index in [1.165, 1.54) is 11.1 Å². The van der Waals surface area contributed by atoms with Gasteiger partial charge in [0, 0.05) is 11.0 Å². The fraction of sp³-hybridized carbons (Fsp3) is 0.379. The van der Waals surface area contributed by atoms with E-state index in [9.17, 15) is 5.11 Å². The molecule has 0 fully saturated rings. The maximum absolute atomic E-state index is 11.6. The number of nitrogens with one attached hydrogen (secondary N) is 2. The number of fused-ring (bicyclic) bond motifs is 1. The van der Waals surface area contributed by atoms with Crippen molar-refractivity contribution in [2.24, 2.45) is 5.41 Å². The van der Waals surface area contributed by atoms with Crippen LogP contribution in [-0.2, 0) is 10.8 Å². The van der Waals surface area contributed by atoms with Crippen LogP contribution in [0.3, 0.4) is 0 Å². The zero-order chi connectivity index (χ0) is 24.0. The number of aromatic hydroxyl groups is 1. The summed E-state index contributed by atoms with van der Waals surface area (Å²) in [5, 5.41) is 13.5. The van der Waals surface area contributed by atoms with Crippen molar-refractivity contribution >= 4 is 17.1 Å². The minimum atomic E-state index is -0.375. The molecular formula is C29H37N3O. The normalized spacial score (nSPS) is 14.0. The van der Waals surface area contributed by atoms with Crippen molar-refractivity contribution in [1.82, 2.24) is 0 Å². The second-order valence-electron chi connectivity index (χ2n) is 11.6. The Labute approximate surface area is 198 Å². The molecule has 1 aliphatic rings. The highest BCUT2D eigenvalue weighted by molar-refractivity contribution is 5.81. The van der Waals surface area contributed by atoms with Crippen molar-refractivity contribution in [2.75, 3.05) is 16.0 Å². The molecule has 0 bridgehead atoms. The van der Waals surface area contributed by atoms with Gasteiger partial charge in [0.1, 0.15) is 11.4 Å². The van der Waals surface area contributed by atoms with E-state index in [2.05, 4.69) is 95.7 Å². The van der Waals surface area contributed by atoms with Crippen molar-refractivity contribution in [2.45, 2.75) is 65.7 Å². The summed E-state index contributed by atoms with van der Waals surface area (Å²) in [6.45, 7) is 15.8. The van der Waals surface area contributed by atoms with Gasteiger partial charge in [-0.3, -0.25) is 10.9 Å². The summed E-state index contributed by atoms with van der Waals surface area (Å²) >= 11 is 0. The largest absolute Gasteiger partial charge is 0.505 e. The first kappa shape index (κ1) is 23.0. The van der Waals surface area contributed by atoms with Crippen LogP contribution in [0.25, 0.3) is 0 Å². The lowest BCUT2D eigenvalue weighted by atomic mass is 9.70. The molecule has 3 N–H and O–H groups in total. The topological polar surface area (TPSA) is 47.5 Å². The Balaban J connectivity index is 1.87. The Morgan fingerprint density at radius 3 is 1.82 bits per heavy atom. The third kappa shape index (κ3) is 4.52. The lowest BCUT2D eigenvalue weighted by Gasteiger charge is -2.36. The van der Waals surface area contributed by atoms with Crippen LogP contribution in [0.1, 0.15) is 71.6 Å². The Morgan fingerprint density at radius 1 is 0.727 bits per heavy atom. The van der Waals surface area contributed by atoms with Gasteiger partial charge in [0.15, 0.2) is 0 Å². The minimum absolute atomic E-state index is 0.0746. The average molecular weight is 444 g/mol. The highest BCUT2D eigenvalue weighted by atomic mass is 16.3. The van der Waals surface area contributed by atoms with Gasteiger partial charge in [-0.15, -0.1) is 0 Å². The second kappa shape index (κ2) is 8.02. The summed E-state index contributed by atoms with van der Waals surface area (Å²) in [5.74, 6) is 0.284. The van der Waals surface area contributed by atoms with E-state index >= 15 is 0 Å². The van der Waals surface area contributed by atoms with E-state index in [1.54, 1.807) is 0 Å². The quantitative estimate of drug-likeness (QED) is 0.380. The monoisotopic (exact) mass is 443 g/mol. The van der Waals surface area contributed by atoms with E-state index < -0.39 is 0 Å². The zero-order valence-electron chi connectivity index (χ0n) is 21.0. The summed E-state index contributed by atoms with van der Waals surface area (Å²) in [7, 11) is 0. The van der Waals surface area contributed by atoms with Crippen molar-refractivity contribution in [1.29, 1.82) is 0 Å². The predicted octanol–water partition coefficient (Wildman–Crippen LogP) is 7.61. The third-order valence-electron chi connectivity index (χ3n) is 6.64. The molecule has 1 heterocycles. The number of benzene rings is 3. The lowest BCUT2D eigenvalue weighted by Crippen LogP contribution is -2.32. The SMILES string of the molecule is CC(C)(C)CC(C)(C)c1cc(N2Nc3ccccc3N2)c(O)c(C(C)(C)c2ccccc2)c1. The number of anilines is 3. The molecule has 3 aromatic carbocycles. The Kier molecular flexibility index (Phi) is 5.60.